The second kappa shape index (κ2) is 9.05. The lowest BCUT2D eigenvalue weighted by atomic mass is 10.1. The van der Waals surface area contributed by atoms with Crippen LogP contribution in [0.5, 0.6) is 5.75 Å². The van der Waals surface area contributed by atoms with E-state index in [0.717, 1.165) is 53.5 Å². The van der Waals surface area contributed by atoms with Crippen molar-refractivity contribution in [3.8, 4) is 17.0 Å². The number of aliphatic hydroxyl groups is 1. The average Bonchev–Trinajstić information content (AvgIpc) is 3.43. The summed E-state index contributed by atoms with van der Waals surface area (Å²) in [7, 11) is 0. The molecular weight excluding hydrogens is 412 g/mol. The summed E-state index contributed by atoms with van der Waals surface area (Å²) >= 11 is 1.61. The minimum Gasteiger partial charge on any atom is -0.491 e. The summed E-state index contributed by atoms with van der Waals surface area (Å²) in [5.41, 5.74) is 2.56. The van der Waals surface area contributed by atoms with Crippen LogP contribution in [-0.4, -0.2) is 65.6 Å². The fourth-order valence-corrected chi connectivity index (χ4v) is 4.65. The summed E-state index contributed by atoms with van der Waals surface area (Å²) in [4.78, 5) is 8.97. The summed E-state index contributed by atoms with van der Waals surface area (Å²) in [6.07, 6.45) is 1.27. The van der Waals surface area contributed by atoms with Crippen LogP contribution in [0.25, 0.3) is 21.5 Å². The van der Waals surface area contributed by atoms with Crippen LogP contribution in [0.4, 0.5) is 5.82 Å². The van der Waals surface area contributed by atoms with E-state index < -0.39 is 6.10 Å². The van der Waals surface area contributed by atoms with Gasteiger partial charge in [-0.1, -0.05) is 23.4 Å². The molecule has 1 aliphatic heterocycles. The summed E-state index contributed by atoms with van der Waals surface area (Å²) < 4.78 is 12.3. The Balaban J connectivity index is 1.13. The topological polar surface area (TPSA) is 74.9 Å². The lowest BCUT2D eigenvalue weighted by Gasteiger charge is -2.36. The second-order valence-electron chi connectivity index (χ2n) is 7.61. The van der Waals surface area contributed by atoms with Gasteiger partial charge in [0.15, 0.2) is 5.58 Å². The first kappa shape index (κ1) is 20.0. The summed E-state index contributed by atoms with van der Waals surface area (Å²) in [5.74, 6) is 1.72. The Labute approximate surface area is 184 Å². The number of hydrogen-bond donors (Lipinski definition) is 1. The Morgan fingerprint density at radius 2 is 2.00 bits per heavy atom. The summed E-state index contributed by atoms with van der Waals surface area (Å²) in [6, 6.07) is 15.7. The van der Waals surface area contributed by atoms with Crippen LogP contribution in [-0.2, 0) is 0 Å². The van der Waals surface area contributed by atoms with E-state index in [-0.39, 0.29) is 6.61 Å². The number of fused-ring (bicyclic) bond motifs is 1. The van der Waals surface area contributed by atoms with E-state index in [0.29, 0.717) is 12.3 Å². The maximum Gasteiger partial charge on any atom is 0.178 e. The van der Waals surface area contributed by atoms with Gasteiger partial charge in [-0.25, -0.2) is 4.98 Å². The molecule has 4 heterocycles. The molecule has 4 aromatic rings. The maximum absolute atomic E-state index is 10.5. The number of β-amino-alcohol motifs (C(OH)–C–C–N with tert-alkyl or cyclic N) is 1. The van der Waals surface area contributed by atoms with Crippen molar-refractivity contribution in [3.63, 3.8) is 0 Å². The number of benzene rings is 1. The Morgan fingerprint density at radius 1 is 1.10 bits per heavy atom. The number of nitrogens with zero attached hydrogens (tertiary/aromatic N) is 4. The van der Waals surface area contributed by atoms with Crippen LogP contribution < -0.4 is 9.64 Å². The molecule has 1 atom stereocenters. The van der Waals surface area contributed by atoms with Crippen molar-refractivity contribution in [1.82, 2.24) is 15.0 Å². The van der Waals surface area contributed by atoms with Crippen LogP contribution in [0.3, 0.4) is 0 Å². The number of hydrogen-bond acceptors (Lipinski definition) is 8. The van der Waals surface area contributed by atoms with Crippen LogP contribution in [0, 0.1) is 0 Å². The number of piperazine rings is 1. The fraction of sp³-hybridized carbons (Fsp3) is 0.304. The lowest BCUT2D eigenvalue weighted by Crippen LogP contribution is -2.49. The smallest absolute Gasteiger partial charge is 0.178 e. The van der Waals surface area contributed by atoms with Crippen LogP contribution in [0.15, 0.2) is 64.6 Å². The number of aromatic nitrogens is 2. The van der Waals surface area contributed by atoms with E-state index in [2.05, 4.69) is 19.9 Å². The molecule has 1 fully saturated rings. The Hall–Kier alpha value is -2.94. The summed E-state index contributed by atoms with van der Waals surface area (Å²) in [5, 5.41) is 16.7. The quantitative estimate of drug-likeness (QED) is 0.475. The zero-order valence-corrected chi connectivity index (χ0v) is 17.9. The lowest BCUT2D eigenvalue weighted by molar-refractivity contribution is 0.0663. The van der Waals surface area contributed by atoms with E-state index in [4.69, 9.17) is 9.26 Å². The van der Waals surface area contributed by atoms with E-state index >= 15 is 0 Å². The molecule has 0 aliphatic carbocycles. The molecule has 1 aromatic carbocycles. The van der Waals surface area contributed by atoms with Crippen molar-refractivity contribution >= 4 is 27.4 Å². The molecule has 1 saturated heterocycles. The van der Waals surface area contributed by atoms with Gasteiger partial charge in [0.2, 0.25) is 0 Å². The van der Waals surface area contributed by atoms with Crippen molar-refractivity contribution in [1.29, 1.82) is 0 Å². The molecule has 0 amide bonds. The molecule has 0 spiro atoms. The third-order valence-corrected chi connectivity index (χ3v) is 6.35. The first-order valence-electron chi connectivity index (χ1n) is 10.4. The predicted octanol–water partition coefficient (Wildman–Crippen LogP) is 3.51. The van der Waals surface area contributed by atoms with Gasteiger partial charge in [0.1, 0.15) is 34.7 Å². The zero-order valence-electron chi connectivity index (χ0n) is 17.1. The molecule has 5 rings (SSSR count). The summed E-state index contributed by atoms with van der Waals surface area (Å²) in [6.45, 7) is 4.44. The van der Waals surface area contributed by atoms with Gasteiger partial charge in [-0.15, -0.1) is 11.3 Å². The fourth-order valence-electron chi connectivity index (χ4n) is 3.84. The van der Waals surface area contributed by atoms with Crippen molar-refractivity contribution < 1.29 is 14.4 Å². The number of anilines is 1. The first-order valence-corrected chi connectivity index (χ1v) is 11.3. The molecule has 1 N–H and O–H groups in total. The molecule has 0 radical (unpaired) electrons. The standard InChI is InChI=1S/C23H24N4O3S/c28-18(15-26-9-11-27(12-10-26)21-6-1-2-8-24-21)16-29-19-5-3-4-17(14-19)22-23-20(30-25-22)7-13-31-23/h1-8,13-14,18,28H,9-12,15-16H2/t18-/m1/s1. The number of rotatable bonds is 7. The number of aliphatic hydroxyl groups excluding tert-OH is 1. The Bertz CT molecular complexity index is 1120. The SMILES string of the molecule is O[C@@H](COc1cccc(-c2noc3ccsc23)c1)CN1CCN(c2ccccn2)CC1. The monoisotopic (exact) mass is 436 g/mol. The molecule has 0 bridgehead atoms. The average molecular weight is 437 g/mol. The largest absolute Gasteiger partial charge is 0.491 e. The number of thiophene rings is 1. The molecule has 7 nitrogen and oxygen atoms in total. The molecule has 3 aromatic heterocycles. The molecule has 31 heavy (non-hydrogen) atoms. The first-order chi connectivity index (χ1) is 15.3. The highest BCUT2D eigenvalue weighted by Crippen LogP contribution is 2.33. The maximum atomic E-state index is 10.5. The second-order valence-corrected chi connectivity index (χ2v) is 8.53. The van der Waals surface area contributed by atoms with E-state index in [1.807, 2.05) is 60.1 Å². The van der Waals surface area contributed by atoms with Crippen molar-refractivity contribution in [2.45, 2.75) is 6.10 Å². The normalized spacial score (nSPS) is 16.0. The molecule has 0 unspecified atom stereocenters. The molecular formula is C23H24N4O3S. The molecule has 160 valence electrons. The molecule has 1 aliphatic rings. The van der Waals surface area contributed by atoms with Crippen LogP contribution in [0.2, 0.25) is 0 Å². The van der Waals surface area contributed by atoms with Crippen LogP contribution in [0.1, 0.15) is 0 Å². The highest BCUT2D eigenvalue weighted by atomic mass is 32.1. The van der Waals surface area contributed by atoms with Crippen molar-refractivity contribution in [2.75, 3.05) is 44.2 Å². The van der Waals surface area contributed by atoms with Gasteiger partial charge < -0.3 is 19.3 Å². The molecule has 8 heteroatoms. The highest BCUT2D eigenvalue weighted by Gasteiger charge is 2.20. The minimum absolute atomic E-state index is 0.247. The van der Waals surface area contributed by atoms with Gasteiger partial charge in [0.25, 0.3) is 0 Å². The Kier molecular flexibility index (Phi) is 5.84. The van der Waals surface area contributed by atoms with E-state index in [9.17, 15) is 5.11 Å². The van der Waals surface area contributed by atoms with Crippen molar-refractivity contribution in [2.24, 2.45) is 0 Å². The van der Waals surface area contributed by atoms with Gasteiger partial charge in [0, 0.05) is 44.5 Å². The van der Waals surface area contributed by atoms with Gasteiger partial charge in [-0.05, 0) is 35.7 Å². The predicted molar refractivity (Wildman–Crippen MR) is 122 cm³/mol. The Morgan fingerprint density at radius 3 is 2.84 bits per heavy atom. The minimum atomic E-state index is -0.555. The molecule has 0 saturated carbocycles. The van der Waals surface area contributed by atoms with Crippen molar-refractivity contribution in [3.05, 3.63) is 60.1 Å². The van der Waals surface area contributed by atoms with Crippen LogP contribution >= 0.6 is 11.3 Å². The zero-order chi connectivity index (χ0) is 21.0. The van der Waals surface area contributed by atoms with Gasteiger partial charge >= 0.3 is 0 Å². The van der Waals surface area contributed by atoms with Gasteiger partial charge in [0.05, 0.1) is 0 Å². The van der Waals surface area contributed by atoms with Gasteiger partial charge in [-0.3, -0.25) is 4.90 Å². The van der Waals surface area contributed by atoms with E-state index in [1.165, 1.54) is 0 Å². The van der Waals surface area contributed by atoms with E-state index in [1.54, 1.807) is 11.3 Å². The highest BCUT2D eigenvalue weighted by molar-refractivity contribution is 7.17. The number of ether oxygens (including phenoxy) is 1. The third-order valence-electron chi connectivity index (χ3n) is 5.44. The third kappa shape index (κ3) is 4.56. The number of pyridine rings is 1. The van der Waals surface area contributed by atoms with Gasteiger partial charge in [-0.2, -0.15) is 0 Å².